The lowest BCUT2D eigenvalue weighted by atomic mass is 10.0. The van der Waals surface area contributed by atoms with Crippen molar-refractivity contribution in [1.82, 2.24) is 0 Å². The molecule has 3 N–H and O–H groups in total. The van der Waals surface area contributed by atoms with Crippen molar-refractivity contribution in [2.45, 2.75) is 25.8 Å². The normalized spacial score (nSPS) is 27.5. The van der Waals surface area contributed by atoms with Crippen LogP contribution in [0.1, 0.15) is 25.3 Å². The quantitative estimate of drug-likeness (QED) is 0.778. The SMILES string of the molecule is COc1ccc(O)c([C@@H]2[C@@H](N)C2(C)C)c1. The van der Waals surface area contributed by atoms with Crippen LogP contribution in [0.25, 0.3) is 0 Å². The van der Waals surface area contributed by atoms with E-state index in [0.29, 0.717) is 5.75 Å². The second kappa shape index (κ2) is 3.14. The van der Waals surface area contributed by atoms with Gasteiger partial charge in [0.05, 0.1) is 7.11 Å². The third-order valence-electron chi connectivity index (χ3n) is 3.48. The van der Waals surface area contributed by atoms with Crippen LogP contribution in [-0.2, 0) is 0 Å². The molecule has 1 fully saturated rings. The van der Waals surface area contributed by atoms with E-state index in [9.17, 15) is 5.11 Å². The number of ether oxygens (including phenoxy) is 1. The van der Waals surface area contributed by atoms with Crippen LogP contribution in [0.4, 0.5) is 0 Å². The van der Waals surface area contributed by atoms with E-state index in [-0.39, 0.29) is 17.4 Å². The average Bonchev–Trinajstić information content (AvgIpc) is 2.68. The summed E-state index contributed by atoms with van der Waals surface area (Å²) in [6.45, 7) is 4.22. The Morgan fingerprint density at radius 3 is 2.47 bits per heavy atom. The zero-order valence-electron chi connectivity index (χ0n) is 9.32. The van der Waals surface area contributed by atoms with E-state index in [4.69, 9.17) is 10.5 Å². The number of benzene rings is 1. The molecule has 0 heterocycles. The van der Waals surface area contributed by atoms with Crippen LogP contribution in [0.5, 0.6) is 11.5 Å². The lowest BCUT2D eigenvalue weighted by Crippen LogP contribution is -2.06. The highest BCUT2D eigenvalue weighted by Crippen LogP contribution is 2.59. The molecule has 3 heteroatoms. The molecule has 0 aliphatic heterocycles. The van der Waals surface area contributed by atoms with E-state index in [1.165, 1.54) is 0 Å². The Morgan fingerprint density at radius 1 is 1.40 bits per heavy atom. The highest BCUT2D eigenvalue weighted by atomic mass is 16.5. The summed E-state index contributed by atoms with van der Waals surface area (Å²) < 4.78 is 5.14. The summed E-state index contributed by atoms with van der Waals surface area (Å²) in [5.74, 6) is 1.30. The molecular weight excluding hydrogens is 190 g/mol. The van der Waals surface area contributed by atoms with Gasteiger partial charge in [0, 0.05) is 17.5 Å². The van der Waals surface area contributed by atoms with Gasteiger partial charge < -0.3 is 15.6 Å². The first kappa shape index (κ1) is 10.3. The van der Waals surface area contributed by atoms with E-state index < -0.39 is 0 Å². The lowest BCUT2D eigenvalue weighted by molar-refractivity contribution is 0.410. The summed E-state index contributed by atoms with van der Waals surface area (Å²) in [5.41, 5.74) is 6.95. The van der Waals surface area contributed by atoms with E-state index in [1.807, 2.05) is 6.07 Å². The first-order valence-electron chi connectivity index (χ1n) is 5.11. The smallest absolute Gasteiger partial charge is 0.119 e. The van der Waals surface area contributed by atoms with E-state index in [2.05, 4.69) is 13.8 Å². The second-order valence-corrected chi connectivity index (χ2v) is 4.75. The highest BCUT2D eigenvalue weighted by Gasteiger charge is 2.57. The van der Waals surface area contributed by atoms with Gasteiger partial charge in [-0.3, -0.25) is 0 Å². The second-order valence-electron chi connectivity index (χ2n) is 4.75. The summed E-state index contributed by atoms with van der Waals surface area (Å²) in [6.07, 6.45) is 0. The third-order valence-corrected chi connectivity index (χ3v) is 3.48. The first-order valence-corrected chi connectivity index (χ1v) is 5.11. The van der Waals surface area contributed by atoms with Crippen molar-refractivity contribution in [3.8, 4) is 11.5 Å². The largest absolute Gasteiger partial charge is 0.508 e. The summed E-state index contributed by atoms with van der Waals surface area (Å²) in [7, 11) is 1.62. The maximum atomic E-state index is 9.78. The third kappa shape index (κ3) is 1.47. The number of aromatic hydroxyl groups is 1. The Morgan fingerprint density at radius 2 is 2.00 bits per heavy atom. The number of rotatable bonds is 2. The number of nitrogens with two attached hydrogens (primary N) is 1. The summed E-state index contributed by atoms with van der Waals surface area (Å²) in [4.78, 5) is 0. The van der Waals surface area contributed by atoms with Crippen LogP contribution >= 0.6 is 0 Å². The molecule has 1 aliphatic rings. The van der Waals surface area contributed by atoms with Gasteiger partial charge in [0.1, 0.15) is 11.5 Å². The average molecular weight is 207 g/mol. The Hall–Kier alpha value is -1.22. The Labute approximate surface area is 89.9 Å². The molecular formula is C12H17NO2. The molecule has 0 spiro atoms. The lowest BCUT2D eigenvalue weighted by Gasteiger charge is -2.08. The van der Waals surface area contributed by atoms with E-state index >= 15 is 0 Å². The van der Waals surface area contributed by atoms with Crippen LogP contribution in [0.15, 0.2) is 18.2 Å². The number of phenolic OH excluding ortho intramolecular Hbond substituents is 1. The van der Waals surface area contributed by atoms with Gasteiger partial charge in [-0.1, -0.05) is 13.8 Å². The fourth-order valence-corrected chi connectivity index (χ4v) is 2.18. The molecule has 0 radical (unpaired) electrons. The predicted octanol–water partition coefficient (Wildman–Crippen LogP) is 1.85. The highest BCUT2D eigenvalue weighted by molar-refractivity contribution is 5.47. The molecule has 82 valence electrons. The predicted molar refractivity (Wildman–Crippen MR) is 59.2 cm³/mol. The molecule has 0 bridgehead atoms. The van der Waals surface area contributed by atoms with Gasteiger partial charge in [-0.05, 0) is 23.6 Å². The molecule has 0 unspecified atom stereocenters. The zero-order chi connectivity index (χ0) is 11.2. The maximum Gasteiger partial charge on any atom is 0.119 e. The minimum atomic E-state index is 0.0733. The standard InChI is InChI=1S/C12H17NO2/c1-12(2)10(11(12)13)8-6-7(15-3)4-5-9(8)14/h4-6,10-11,14H,13H2,1-3H3/t10-,11-/m1/s1. The molecule has 0 saturated heterocycles. The topological polar surface area (TPSA) is 55.5 Å². The fourth-order valence-electron chi connectivity index (χ4n) is 2.18. The van der Waals surface area contributed by atoms with Crippen molar-refractivity contribution < 1.29 is 9.84 Å². The van der Waals surface area contributed by atoms with Crippen LogP contribution in [0.2, 0.25) is 0 Å². The van der Waals surface area contributed by atoms with Crippen LogP contribution < -0.4 is 10.5 Å². The van der Waals surface area contributed by atoms with E-state index in [1.54, 1.807) is 19.2 Å². The number of hydrogen-bond donors (Lipinski definition) is 2. The van der Waals surface area contributed by atoms with Crippen molar-refractivity contribution in [2.75, 3.05) is 7.11 Å². The number of hydrogen-bond acceptors (Lipinski definition) is 3. The molecule has 1 aliphatic carbocycles. The van der Waals surface area contributed by atoms with Crippen LogP contribution in [-0.4, -0.2) is 18.3 Å². The minimum absolute atomic E-state index is 0.0733. The zero-order valence-corrected chi connectivity index (χ0v) is 9.32. The van der Waals surface area contributed by atoms with Crippen molar-refractivity contribution in [2.24, 2.45) is 11.1 Å². The van der Waals surface area contributed by atoms with Gasteiger partial charge in [-0.25, -0.2) is 0 Å². The van der Waals surface area contributed by atoms with Gasteiger partial charge in [-0.2, -0.15) is 0 Å². The molecule has 15 heavy (non-hydrogen) atoms. The summed E-state index contributed by atoms with van der Waals surface area (Å²) >= 11 is 0. The van der Waals surface area contributed by atoms with Crippen molar-refractivity contribution >= 4 is 0 Å². The van der Waals surface area contributed by atoms with Crippen LogP contribution in [0.3, 0.4) is 0 Å². The fraction of sp³-hybridized carbons (Fsp3) is 0.500. The van der Waals surface area contributed by atoms with Gasteiger partial charge in [0.2, 0.25) is 0 Å². The van der Waals surface area contributed by atoms with Crippen molar-refractivity contribution in [1.29, 1.82) is 0 Å². The van der Waals surface area contributed by atoms with Gasteiger partial charge >= 0.3 is 0 Å². The van der Waals surface area contributed by atoms with Gasteiger partial charge in [-0.15, -0.1) is 0 Å². The van der Waals surface area contributed by atoms with Gasteiger partial charge in [0.15, 0.2) is 0 Å². The maximum absolute atomic E-state index is 9.78. The Bertz CT molecular complexity index is 387. The van der Waals surface area contributed by atoms with Crippen molar-refractivity contribution in [3.05, 3.63) is 23.8 Å². The van der Waals surface area contributed by atoms with Crippen molar-refractivity contribution in [3.63, 3.8) is 0 Å². The Kier molecular flexibility index (Phi) is 2.15. The minimum Gasteiger partial charge on any atom is -0.508 e. The molecule has 1 aromatic rings. The molecule has 2 rings (SSSR count). The number of phenols is 1. The Balaban J connectivity index is 2.37. The molecule has 1 aromatic carbocycles. The van der Waals surface area contributed by atoms with Crippen LogP contribution in [0, 0.1) is 5.41 Å². The molecule has 0 aromatic heterocycles. The monoisotopic (exact) mass is 207 g/mol. The van der Waals surface area contributed by atoms with E-state index in [0.717, 1.165) is 11.3 Å². The first-order chi connectivity index (χ1) is 6.98. The summed E-state index contributed by atoms with van der Waals surface area (Å²) in [6, 6.07) is 5.40. The summed E-state index contributed by atoms with van der Waals surface area (Å²) in [5, 5.41) is 9.78. The molecule has 1 saturated carbocycles. The molecule has 3 nitrogen and oxygen atoms in total. The van der Waals surface area contributed by atoms with Gasteiger partial charge in [0.25, 0.3) is 0 Å². The molecule has 2 atom stereocenters. The molecule has 0 amide bonds. The number of methoxy groups -OCH3 is 1.